The SMILES string of the molecule is C[C@H]1C[C@@]2(C)O[C@]1(C)[C@@H]1C(=O)N(c3ccc(C#N)c(C(F)(F)F)c3)C(=O)[C@@H]12. The fourth-order valence-corrected chi connectivity index (χ4v) is 5.14. The van der Waals surface area contributed by atoms with Crippen molar-refractivity contribution in [1.82, 2.24) is 0 Å². The number of hydrogen-bond donors (Lipinski definition) is 0. The molecular formula is C19H17F3N2O3. The smallest absolute Gasteiger partial charge is 0.367 e. The van der Waals surface area contributed by atoms with Gasteiger partial charge >= 0.3 is 6.18 Å². The summed E-state index contributed by atoms with van der Waals surface area (Å²) < 4.78 is 45.9. The fourth-order valence-electron chi connectivity index (χ4n) is 5.14. The van der Waals surface area contributed by atoms with Gasteiger partial charge in [-0.05, 0) is 44.4 Å². The second-order valence-electron chi connectivity index (χ2n) is 8.01. The zero-order valence-electron chi connectivity index (χ0n) is 14.9. The van der Waals surface area contributed by atoms with Gasteiger partial charge in [-0.1, -0.05) is 6.92 Å². The van der Waals surface area contributed by atoms with E-state index in [9.17, 15) is 22.8 Å². The van der Waals surface area contributed by atoms with Crippen molar-refractivity contribution >= 4 is 17.5 Å². The first-order valence-electron chi connectivity index (χ1n) is 8.63. The van der Waals surface area contributed by atoms with Crippen LogP contribution in [-0.4, -0.2) is 23.0 Å². The summed E-state index contributed by atoms with van der Waals surface area (Å²) in [5.74, 6) is -2.46. The van der Waals surface area contributed by atoms with Gasteiger partial charge in [-0.2, -0.15) is 18.4 Å². The van der Waals surface area contributed by atoms with Crippen molar-refractivity contribution in [1.29, 1.82) is 5.26 Å². The molecule has 5 atom stereocenters. The number of rotatable bonds is 1. The number of anilines is 1. The molecule has 2 amide bonds. The molecule has 0 radical (unpaired) electrons. The van der Waals surface area contributed by atoms with Gasteiger partial charge in [0.1, 0.15) is 0 Å². The minimum atomic E-state index is -4.77. The number of fused-ring (bicyclic) bond motifs is 5. The highest BCUT2D eigenvalue weighted by atomic mass is 19.4. The van der Waals surface area contributed by atoms with E-state index in [-0.39, 0.29) is 11.6 Å². The summed E-state index contributed by atoms with van der Waals surface area (Å²) >= 11 is 0. The highest BCUT2D eigenvalue weighted by molar-refractivity contribution is 6.23. The van der Waals surface area contributed by atoms with Crippen LogP contribution < -0.4 is 4.90 Å². The van der Waals surface area contributed by atoms with Crippen LogP contribution in [-0.2, 0) is 20.5 Å². The van der Waals surface area contributed by atoms with E-state index in [1.54, 1.807) is 13.8 Å². The lowest BCUT2D eigenvalue weighted by Crippen LogP contribution is -2.45. The van der Waals surface area contributed by atoms with Crippen molar-refractivity contribution in [3.05, 3.63) is 29.3 Å². The number of halogens is 3. The number of hydrogen-bond acceptors (Lipinski definition) is 4. The molecule has 1 aromatic carbocycles. The molecule has 0 aromatic heterocycles. The Morgan fingerprint density at radius 1 is 1.22 bits per heavy atom. The summed E-state index contributed by atoms with van der Waals surface area (Å²) in [4.78, 5) is 26.9. The normalized spacial score (nSPS) is 37.7. The number of nitriles is 1. The molecule has 3 fully saturated rings. The van der Waals surface area contributed by atoms with Gasteiger partial charge in [0.25, 0.3) is 0 Å². The number of carbonyl (C=O) groups excluding carboxylic acids is 2. The van der Waals surface area contributed by atoms with Crippen molar-refractivity contribution < 1.29 is 27.5 Å². The van der Waals surface area contributed by atoms with Gasteiger partial charge < -0.3 is 4.74 Å². The number of nitrogens with zero attached hydrogens (tertiary/aromatic N) is 2. The quantitative estimate of drug-likeness (QED) is 0.704. The second-order valence-corrected chi connectivity index (χ2v) is 8.01. The van der Waals surface area contributed by atoms with Crippen LogP contribution in [0.1, 0.15) is 38.3 Å². The summed E-state index contributed by atoms with van der Waals surface area (Å²) in [5.41, 5.74) is -3.50. The second kappa shape index (κ2) is 5.10. The van der Waals surface area contributed by atoms with E-state index in [1.807, 2.05) is 6.92 Å². The number of amides is 2. The van der Waals surface area contributed by atoms with Crippen LogP contribution in [0.2, 0.25) is 0 Å². The van der Waals surface area contributed by atoms with Crippen molar-refractivity contribution in [2.45, 2.75) is 44.6 Å². The van der Waals surface area contributed by atoms with Gasteiger partial charge in [-0.3, -0.25) is 9.59 Å². The number of ether oxygens (including phenoxy) is 1. The lowest BCUT2D eigenvalue weighted by atomic mass is 9.64. The van der Waals surface area contributed by atoms with Crippen LogP contribution in [0.25, 0.3) is 0 Å². The van der Waals surface area contributed by atoms with E-state index in [1.165, 1.54) is 12.1 Å². The Labute approximate surface area is 153 Å². The third-order valence-electron chi connectivity index (χ3n) is 6.41. The van der Waals surface area contributed by atoms with Gasteiger partial charge in [-0.15, -0.1) is 0 Å². The lowest BCUT2D eigenvalue weighted by Gasteiger charge is -2.33. The van der Waals surface area contributed by atoms with Gasteiger partial charge in [0.05, 0.1) is 45.9 Å². The van der Waals surface area contributed by atoms with E-state index in [4.69, 9.17) is 10.00 Å². The zero-order chi connectivity index (χ0) is 19.9. The Balaban J connectivity index is 1.81. The molecule has 8 heteroatoms. The standard InChI is InChI=1S/C19H17F3N2O3/c1-9-7-17(2)13-14(18(9,3)27-17)16(26)24(15(13)25)11-5-4-10(8-23)12(6-11)19(20,21)22/h4-6,9,13-14H,7H2,1-3H3/t9-,13+,14-,17+,18-/m0/s1. The van der Waals surface area contributed by atoms with Crippen LogP contribution in [0.4, 0.5) is 18.9 Å². The molecule has 4 rings (SSSR count). The molecule has 3 aliphatic rings. The molecule has 0 saturated carbocycles. The maximum Gasteiger partial charge on any atom is 0.417 e. The van der Waals surface area contributed by atoms with Gasteiger partial charge in [0, 0.05) is 0 Å². The highest BCUT2D eigenvalue weighted by Gasteiger charge is 2.74. The molecule has 5 nitrogen and oxygen atoms in total. The molecule has 2 bridgehead atoms. The summed E-state index contributed by atoms with van der Waals surface area (Å²) in [6, 6.07) is 4.40. The summed E-state index contributed by atoms with van der Waals surface area (Å²) in [5, 5.41) is 8.93. The Hall–Kier alpha value is -2.40. The summed E-state index contributed by atoms with van der Waals surface area (Å²) in [6.07, 6.45) is -4.16. The van der Waals surface area contributed by atoms with Crippen molar-refractivity contribution in [3.8, 4) is 6.07 Å². The Bertz CT molecular complexity index is 922. The average Bonchev–Trinajstić information content (AvgIpc) is 3.07. The maximum absolute atomic E-state index is 13.3. The first-order valence-corrected chi connectivity index (χ1v) is 8.63. The number of imide groups is 1. The van der Waals surface area contributed by atoms with Crippen LogP contribution in [0.5, 0.6) is 0 Å². The number of alkyl halides is 3. The molecule has 0 N–H and O–H groups in total. The molecule has 0 unspecified atom stereocenters. The number of benzene rings is 1. The monoisotopic (exact) mass is 378 g/mol. The number of carbonyl (C=O) groups is 2. The molecule has 1 aromatic rings. The molecule has 3 aliphatic heterocycles. The van der Waals surface area contributed by atoms with Crippen molar-refractivity contribution in [2.24, 2.45) is 17.8 Å². The van der Waals surface area contributed by atoms with Gasteiger partial charge in [0.2, 0.25) is 11.8 Å². The lowest BCUT2D eigenvalue weighted by molar-refractivity contribution is -0.138. The Morgan fingerprint density at radius 3 is 2.44 bits per heavy atom. The van der Waals surface area contributed by atoms with E-state index < -0.39 is 52.2 Å². The van der Waals surface area contributed by atoms with Gasteiger partial charge in [0.15, 0.2) is 0 Å². The zero-order valence-corrected chi connectivity index (χ0v) is 14.9. The third-order valence-corrected chi connectivity index (χ3v) is 6.41. The summed E-state index contributed by atoms with van der Waals surface area (Å²) in [6.45, 7) is 5.53. The predicted molar refractivity (Wildman–Crippen MR) is 87.3 cm³/mol. The molecular weight excluding hydrogens is 361 g/mol. The van der Waals surface area contributed by atoms with Crippen LogP contribution in [0, 0.1) is 29.1 Å². The van der Waals surface area contributed by atoms with E-state index in [0.717, 1.165) is 11.0 Å². The minimum Gasteiger partial charge on any atom is -0.367 e. The molecule has 27 heavy (non-hydrogen) atoms. The van der Waals surface area contributed by atoms with Crippen molar-refractivity contribution in [2.75, 3.05) is 4.90 Å². The largest absolute Gasteiger partial charge is 0.417 e. The maximum atomic E-state index is 13.3. The average molecular weight is 378 g/mol. The third kappa shape index (κ3) is 2.15. The molecule has 142 valence electrons. The minimum absolute atomic E-state index is 0.0483. The molecule has 0 aliphatic carbocycles. The van der Waals surface area contributed by atoms with Crippen LogP contribution >= 0.6 is 0 Å². The van der Waals surface area contributed by atoms with Gasteiger partial charge in [-0.25, -0.2) is 4.90 Å². The van der Waals surface area contributed by atoms with E-state index >= 15 is 0 Å². The topological polar surface area (TPSA) is 70.4 Å². The van der Waals surface area contributed by atoms with E-state index in [2.05, 4.69) is 0 Å². The molecule has 0 spiro atoms. The Morgan fingerprint density at radius 2 is 1.85 bits per heavy atom. The molecule has 3 heterocycles. The van der Waals surface area contributed by atoms with Crippen LogP contribution in [0.15, 0.2) is 18.2 Å². The first kappa shape index (κ1) is 18.0. The highest BCUT2D eigenvalue weighted by Crippen LogP contribution is 2.63. The fraction of sp³-hybridized carbons (Fsp3) is 0.526. The summed E-state index contributed by atoms with van der Waals surface area (Å²) in [7, 11) is 0. The predicted octanol–water partition coefficient (Wildman–Crippen LogP) is 3.27. The van der Waals surface area contributed by atoms with Crippen LogP contribution in [0.3, 0.4) is 0 Å². The van der Waals surface area contributed by atoms with Crippen molar-refractivity contribution in [3.63, 3.8) is 0 Å². The molecule has 3 saturated heterocycles. The first-order chi connectivity index (χ1) is 12.4. The van der Waals surface area contributed by atoms with E-state index in [0.29, 0.717) is 12.5 Å². The Kier molecular flexibility index (Phi) is 3.40.